The lowest BCUT2D eigenvalue weighted by atomic mass is 9.94. The van der Waals surface area contributed by atoms with Crippen LogP contribution in [-0.2, 0) is 14.2 Å². The van der Waals surface area contributed by atoms with Crippen molar-refractivity contribution in [3.8, 4) is 0 Å². The summed E-state index contributed by atoms with van der Waals surface area (Å²) in [6, 6.07) is 0. The number of aliphatic hydroxyl groups excluding tert-OH is 2. The summed E-state index contributed by atoms with van der Waals surface area (Å²) in [6.45, 7) is 1.43. The van der Waals surface area contributed by atoms with Crippen LogP contribution in [0.15, 0.2) is 0 Å². The topological polar surface area (TPSA) is 68.2 Å². The van der Waals surface area contributed by atoms with Crippen LogP contribution in [0, 0.1) is 0 Å². The van der Waals surface area contributed by atoms with E-state index < -0.39 is 11.4 Å². The molecule has 2 N–H and O–H groups in total. The van der Waals surface area contributed by atoms with Gasteiger partial charge in [0.25, 0.3) is 0 Å². The van der Waals surface area contributed by atoms with Crippen molar-refractivity contribution in [2.75, 3.05) is 13.2 Å². The number of ether oxygens (including phenoxy) is 3. The van der Waals surface area contributed by atoms with Gasteiger partial charge in [-0.25, -0.2) is 0 Å². The summed E-state index contributed by atoms with van der Waals surface area (Å²) in [7, 11) is 0. The highest BCUT2D eigenvalue weighted by Crippen LogP contribution is 2.48. The van der Waals surface area contributed by atoms with Crippen molar-refractivity contribution in [2.24, 2.45) is 0 Å². The first-order chi connectivity index (χ1) is 8.65. The molecule has 0 radical (unpaired) electrons. The third-order valence-electron chi connectivity index (χ3n) is 4.54. The molecule has 3 aliphatic rings. The van der Waals surface area contributed by atoms with Crippen LogP contribution in [0.5, 0.6) is 0 Å². The smallest absolute Gasteiger partial charge is 0.169 e. The largest absolute Gasteiger partial charge is 0.393 e. The molecule has 1 spiro atoms. The third-order valence-corrected chi connectivity index (χ3v) is 4.54. The Labute approximate surface area is 107 Å². The maximum atomic E-state index is 9.55. The number of hydrogen-bond acceptors (Lipinski definition) is 5. The monoisotopic (exact) mass is 258 g/mol. The van der Waals surface area contributed by atoms with Gasteiger partial charge in [-0.3, -0.25) is 0 Å². The molecule has 3 atom stereocenters. The van der Waals surface area contributed by atoms with Crippen LogP contribution in [0.3, 0.4) is 0 Å². The van der Waals surface area contributed by atoms with Crippen LogP contribution in [0.1, 0.15) is 39.0 Å². The lowest BCUT2D eigenvalue weighted by molar-refractivity contribution is -0.247. The Balaban J connectivity index is 1.83. The molecular formula is C13H22O5. The van der Waals surface area contributed by atoms with Gasteiger partial charge in [0.15, 0.2) is 5.79 Å². The van der Waals surface area contributed by atoms with E-state index in [0.29, 0.717) is 0 Å². The van der Waals surface area contributed by atoms with Crippen molar-refractivity contribution in [1.82, 2.24) is 0 Å². The predicted octanol–water partition coefficient (Wildman–Crippen LogP) is 0.573. The first-order valence-electron chi connectivity index (χ1n) is 6.90. The standard InChI is InChI=1S/C13H22O5/c1-9-10-11(12(7-14,8-15)16-9)18-13(17-10)5-3-2-4-6-13/h9-11,14-15H,2-8H2,1H3/t9-,10-,11-/m1/s1. The second-order valence-corrected chi connectivity index (χ2v) is 5.80. The minimum absolute atomic E-state index is 0.157. The molecule has 3 rings (SSSR count). The van der Waals surface area contributed by atoms with Crippen molar-refractivity contribution in [1.29, 1.82) is 0 Å². The summed E-state index contributed by atoms with van der Waals surface area (Å²) < 4.78 is 17.9. The fourth-order valence-electron chi connectivity index (χ4n) is 3.52. The SMILES string of the molecule is C[C@H]1OC(CO)(CO)[C@@H]2OC3(CCCCC3)O[C@@H]21. The van der Waals surface area contributed by atoms with Gasteiger partial charge in [0, 0.05) is 12.8 Å². The van der Waals surface area contributed by atoms with Crippen LogP contribution < -0.4 is 0 Å². The average molecular weight is 258 g/mol. The number of fused-ring (bicyclic) bond motifs is 1. The van der Waals surface area contributed by atoms with Crippen LogP contribution in [-0.4, -0.2) is 53.1 Å². The second-order valence-electron chi connectivity index (χ2n) is 5.80. The number of aliphatic hydroxyl groups is 2. The summed E-state index contributed by atoms with van der Waals surface area (Å²) in [6.07, 6.45) is 4.55. The first-order valence-corrected chi connectivity index (χ1v) is 6.90. The summed E-state index contributed by atoms with van der Waals surface area (Å²) in [5.41, 5.74) is -1.01. The summed E-state index contributed by atoms with van der Waals surface area (Å²) in [5.74, 6) is -0.499. The van der Waals surface area contributed by atoms with Gasteiger partial charge < -0.3 is 24.4 Å². The van der Waals surface area contributed by atoms with Crippen LogP contribution in [0.2, 0.25) is 0 Å². The van der Waals surface area contributed by atoms with Crippen molar-refractivity contribution in [3.63, 3.8) is 0 Å². The molecule has 5 heteroatoms. The van der Waals surface area contributed by atoms with Crippen molar-refractivity contribution in [3.05, 3.63) is 0 Å². The summed E-state index contributed by atoms with van der Waals surface area (Å²) in [5, 5.41) is 19.1. The van der Waals surface area contributed by atoms with E-state index in [1.807, 2.05) is 6.92 Å². The Bertz CT molecular complexity index is 309. The normalized spacial score (nSPS) is 41.2. The average Bonchev–Trinajstić information content (AvgIpc) is 2.87. The molecular weight excluding hydrogens is 236 g/mol. The molecule has 1 aliphatic carbocycles. The van der Waals surface area contributed by atoms with Gasteiger partial charge in [-0.2, -0.15) is 0 Å². The van der Waals surface area contributed by atoms with E-state index in [-0.39, 0.29) is 31.5 Å². The molecule has 2 aliphatic heterocycles. The fraction of sp³-hybridized carbons (Fsp3) is 1.00. The zero-order valence-electron chi connectivity index (χ0n) is 10.8. The Kier molecular flexibility index (Phi) is 3.15. The molecule has 3 fully saturated rings. The van der Waals surface area contributed by atoms with Gasteiger partial charge in [-0.15, -0.1) is 0 Å². The zero-order chi connectivity index (χ0) is 12.8. The molecule has 18 heavy (non-hydrogen) atoms. The molecule has 2 saturated heterocycles. The maximum absolute atomic E-state index is 9.55. The highest BCUT2D eigenvalue weighted by molar-refractivity contribution is 5.07. The molecule has 0 unspecified atom stereocenters. The third kappa shape index (κ3) is 1.72. The minimum Gasteiger partial charge on any atom is -0.393 e. The molecule has 5 nitrogen and oxygen atoms in total. The molecule has 1 saturated carbocycles. The minimum atomic E-state index is -1.01. The van der Waals surface area contributed by atoms with E-state index in [1.54, 1.807) is 0 Å². The van der Waals surface area contributed by atoms with Gasteiger partial charge in [-0.05, 0) is 19.8 Å². The molecule has 0 amide bonds. The van der Waals surface area contributed by atoms with Gasteiger partial charge in [0.05, 0.1) is 19.3 Å². The number of rotatable bonds is 2. The summed E-state index contributed by atoms with van der Waals surface area (Å²) >= 11 is 0. The van der Waals surface area contributed by atoms with Gasteiger partial charge in [0.2, 0.25) is 0 Å². The molecule has 104 valence electrons. The first kappa shape index (κ1) is 12.8. The van der Waals surface area contributed by atoms with Gasteiger partial charge >= 0.3 is 0 Å². The Morgan fingerprint density at radius 1 is 1.00 bits per heavy atom. The predicted molar refractivity (Wildman–Crippen MR) is 63.0 cm³/mol. The lowest BCUT2D eigenvalue weighted by Gasteiger charge is -2.36. The van der Waals surface area contributed by atoms with E-state index in [2.05, 4.69) is 0 Å². The van der Waals surface area contributed by atoms with E-state index in [1.165, 1.54) is 6.42 Å². The molecule has 2 heterocycles. The van der Waals surface area contributed by atoms with E-state index in [4.69, 9.17) is 14.2 Å². The molecule has 0 aromatic heterocycles. The van der Waals surface area contributed by atoms with E-state index >= 15 is 0 Å². The van der Waals surface area contributed by atoms with E-state index in [0.717, 1.165) is 25.7 Å². The van der Waals surface area contributed by atoms with Crippen LogP contribution in [0.25, 0.3) is 0 Å². The highest BCUT2D eigenvalue weighted by atomic mass is 16.8. The Morgan fingerprint density at radius 2 is 1.67 bits per heavy atom. The highest BCUT2D eigenvalue weighted by Gasteiger charge is 2.63. The van der Waals surface area contributed by atoms with Gasteiger partial charge in [-0.1, -0.05) is 6.42 Å². The van der Waals surface area contributed by atoms with Crippen molar-refractivity contribution >= 4 is 0 Å². The second kappa shape index (κ2) is 4.42. The maximum Gasteiger partial charge on any atom is 0.169 e. The summed E-state index contributed by atoms with van der Waals surface area (Å²) in [4.78, 5) is 0. The van der Waals surface area contributed by atoms with Crippen molar-refractivity contribution in [2.45, 2.75) is 68.7 Å². The number of hydrogen-bond donors (Lipinski definition) is 2. The molecule has 0 aromatic rings. The molecule has 0 bridgehead atoms. The molecule has 0 aromatic carbocycles. The van der Waals surface area contributed by atoms with Gasteiger partial charge in [0.1, 0.15) is 17.8 Å². The fourth-order valence-corrected chi connectivity index (χ4v) is 3.52. The Hall–Kier alpha value is -0.200. The van der Waals surface area contributed by atoms with Crippen LogP contribution >= 0.6 is 0 Å². The van der Waals surface area contributed by atoms with Crippen molar-refractivity contribution < 1.29 is 24.4 Å². The van der Waals surface area contributed by atoms with E-state index in [9.17, 15) is 10.2 Å². The quantitative estimate of drug-likeness (QED) is 0.758. The zero-order valence-corrected chi connectivity index (χ0v) is 10.8. The Morgan fingerprint density at radius 3 is 2.28 bits per heavy atom. The lowest BCUT2D eigenvalue weighted by Crippen LogP contribution is -2.50. The van der Waals surface area contributed by atoms with Crippen LogP contribution in [0.4, 0.5) is 0 Å².